The average Bonchev–Trinajstić information content (AvgIpc) is 3.66. The van der Waals surface area contributed by atoms with Crippen LogP contribution in [0.4, 0.5) is 0 Å². The summed E-state index contributed by atoms with van der Waals surface area (Å²) in [5.41, 5.74) is 2.85. The van der Waals surface area contributed by atoms with Crippen molar-refractivity contribution in [3.05, 3.63) is 65.3 Å². The third-order valence-corrected chi connectivity index (χ3v) is 7.05. The third-order valence-electron chi connectivity index (χ3n) is 5.77. The van der Waals surface area contributed by atoms with E-state index in [1.807, 2.05) is 45.0 Å². The van der Waals surface area contributed by atoms with Gasteiger partial charge in [-0.2, -0.15) is 5.10 Å². The van der Waals surface area contributed by atoms with Gasteiger partial charge < -0.3 is 4.74 Å². The second kappa shape index (κ2) is 8.27. The maximum atomic E-state index is 12.4. The highest BCUT2D eigenvalue weighted by atomic mass is 35.5. The molecule has 1 heterocycles. The van der Waals surface area contributed by atoms with Gasteiger partial charge in [0.1, 0.15) is 11.3 Å². The van der Waals surface area contributed by atoms with E-state index < -0.39 is 5.60 Å². The predicted octanol–water partition coefficient (Wildman–Crippen LogP) is 7.13. The van der Waals surface area contributed by atoms with Crippen molar-refractivity contribution in [2.45, 2.75) is 67.4 Å². The standard InChI is InChI=1S/C26H27ClN2O2S/c1-26(2,3)31-25(30)22-14-21(22)16-4-6-17(7-5-16)24-23(15-29(28-24)19-10-11-19)32-20-12-8-18(27)9-13-20/h4-9,12-13,15,19,21-22H,10-11,14H2,1-3H3. The number of hydrogen-bond acceptors (Lipinski definition) is 4. The van der Waals surface area contributed by atoms with E-state index in [4.69, 9.17) is 21.4 Å². The van der Waals surface area contributed by atoms with Gasteiger partial charge in [0.15, 0.2) is 0 Å². The Morgan fingerprint density at radius 3 is 2.41 bits per heavy atom. The van der Waals surface area contributed by atoms with Crippen LogP contribution in [0.1, 0.15) is 57.6 Å². The molecular formula is C26H27ClN2O2S. The average molecular weight is 467 g/mol. The molecule has 166 valence electrons. The van der Waals surface area contributed by atoms with Crippen LogP contribution < -0.4 is 0 Å². The van der Waals surface area contributed by atoms with Crippen molar-refractivity contribution in [2.24, 2.45) is 5.92 Å². The van der Waals surface area contributed by atoms with Crippen molar-refractivity contribution in [1.82, 2.24) is 9.78 Å². The molecule has 5 rings (SSSR count). The molecule has 2 aromatic carbocycles. The van der Waals surface area contributed by atoms with Crippen LogP contribution in [0.3, 0.4) is 0 Å². The Kier molecular flexibility index (Phi) is 5.58. The second-order valence-corrected chi connectivity index (χ2v) is 11.3. The number of ether oxygens (including phenoxy) is 1. The number of hydrogen-bond donors (Lipinski definition) is 0. The first-order valence-corrected chi connectivity index (χ1v) is 12.3. The van der Waals surface area contributed by atoms with E-state index in [9.17, 15) is 4.79 Å². The van der Waals surface area contributed by atoms with E-state index in [1.165, 1.54) is 18.4 Å². The monoisotopic (exact) mass is 466 g/mol. The molecule has 2 aliphatic rings. The number of rotatable bonds is 6. The first-order valence-electron chi connectivity index (χ1n) is 11.1. The Labute approximate surface area is 198 Å². The minimum absolute atomic E-state index is 0.0230. The lowest BCUT2D eigenvalue weighted by molar-refractivity contribution is -0.156. The largest absolute Gasteiger partial charge is 0.460 e. The number of aromatic nitrogens is 2. The first kappa shape index (κ1) is 21.6. The molecule has 2 atom stereocenters. The summed E-state index contributed by atoms with van der Waals surface area (Å²) >= 11 is 7.76. The van der Waals surface area contributed by atoms with Crippen LogP contribution >= 0.6 is 23.4 Å². The van der Waals surface area contributed by atoms with Gasteiger partial charge in [0.2, 0.25) is 0 Å². The van der Waals surface area contributed by atoms with Crippen LogP contribution in [0.15, 0.2) is 64.5 Å². The van der Waals surface area contributed by atoms with Gasteiger partial charge in [-0.3, -0.25) is 9.48 Å². The molecule has 2 fully saturated rings. The summed E-state index contributed by atoms with van der Waals surface area (Å²) in [6.45, 7) is 5.74. The zero-order valence-corrected chi connectivity index (χ0v) is 20.1. The zero-order chi connectivity index (χ0) is 22.5. The molecule has 0 aliphatic heterocycles. The highest BCUT2D eigenvalue weighted by Crippen LogP contribution is 2.49. The van der Waals surface area contributed by atoms with E-state index in [2.05, 4.69) is 35.1 Å². The zero-order valence-electron chi connectivity index (χ0n) is 18.5. The highest BCUT2D eigenvalue weighted by Gasteiger charge is 2.46. The van der Waals surface area contributed by atoms with Gasteiger partial charge in [0.25, 0.3) is 0 Å². The van der Waals surface area contributed by atoms with Gasteiger partial charge in [-0.15, -0.1) is 0 Å². The molecule has 0 saturated heterocycles. The molecule has 2 unspecified atom stereocenters. The molecule has 0 N–H and O–H groups in total. The topological polar surface area (TPSA) is 44.1 Å². The minimum Gasteiger partial charge on any atom is -0.460 e. The van der Waals surface area contributed by atoms with Gasteiger partial charge in [0, 0.05) is 21.7 Å². The molecule has 0 spiro atoms. The molecule has 2 aliphatic carbocycles. The molecular weight excluding hydrogens is 440 g/mol. The second-order valence-electron chi connectivity index (χ2n) is 9.71. The van der Waals surface area contributed by atoms with E-state index in [-0.39, 0.29) is 17.8 Å². The van der Waals surface area contributed by atoms with E-state index in [0.29, 0.717) is 6.04 Å². The van der Waals surface area contributed by atoms with Crippen LogP contribution in [0.5, 0.6) is 0 Å². The molecule has 2 saturated carbocycles. The third kappa shape index (κ3) is 4.89. The Morgan fingerprint density at radius 2 is 1.78 bits per heavy atom. The van der Waals surface area contributed by atoms with Crippen molar-refractivity contribution in [1.29, 1.82) is 0 Å². The van der Waals surface area contributed by atoms with Crippen molar-refractivity contribution < 1.29 is 9.53 Å². The molecule has 3 aromatic rings. The van der Waals surface area contributed by atoms with Crippen molar-refractivity contribution in [3.63, 3.8) is 0 Å². The molecule has 6 heteroatoms. The van der Waals surface area contributed by atoms with E-state index >= 15 is 0 Å². The fourth-order valence-corrected chi connectivity index (χ4v) is 4.96. The SMILES string of the molecule is CC(C)(C)OC(=O)C1CC1c1ccc(-c2nn(C3CC3)cc2Sc2ccc(Cl)cc2)cc1. The quantitative estimate of drug-likeness (QED) is 0.362. The summed E-state index contributed by atoms with van der Waals surface area (Å²) in [7, 11) is 0. The minimum atomic E-state index is -0.438. The van der Waals surface area contributed by atoms with Crippen LogP contribution in [-0.2, 0) is 9.53 Å². The van der Waals surface area contributed by atoms with Crippen LogP contribution in [0.25, 0.3) is 11.3 Å². The summed E-state index contributed by atoms with van der Waals surface area (Å²) in [6, 6.07) is 17.0. The van der Waals surface area contributed by atoms with Crippen molar-refractivity contribution >= 4 is 29.3 Å². The molecule has 0 bridgehead atoms. The Bertz CT molecular complexity index is 1130. The maximum absolute atomic E-state index is 12.4. The maximum Gasteiger partial charge on any atom is 0.310 e. The fraction of sp³-hybridized carbons (Fsp3) is 0.385. The highest BCUT2D eigenvalue weighted by molar-refractivity contribution is 7.99. The molecule has 0 radical (unpaired) electrons. The number of carbonyl (C=O) groups excluding carboxylic acids is 1. The number of benzene rings is 2. The summed E-state index contributed by atoms with van der Waals surface area (Å²) in [5, 5.41) is 5.66. The normalized spacial score (nSPS) is 20.2. The molecule has 0 amide bonds. The number of nitrogens with zero attached hydrogens (tertiary/aromatic N) is 2. The van der Waals surface area contributed by atoms with Gasteiger partial charge >= 0.3 is 5.97 Å². The van der Waals surface area contributed by atoms with E-state index in [0.717, 1.165) is 32.5 Å². The Hall–Kier alpha value is -2.24. The smallest absolute Gasteiger partial charge is 0.310 e. The lowest BCUT2D eigenvalue weighted by Gasteiger charge is -2.19. The van der Waals surface area contributed by atoms with E-state index in [1.54, 1.807) is 11.8 Å². The first-order chi connectivity index (χ1) is 15.3. The molecule has 1 aromatic heterocycles. The van der Waals surface area contributed by atoms with Crippen LogP contribution in [0.2, 0.25) is 5.02 Å². The number of carbonyl (C=O) groups is 1. The van der Waals surface area contributed by atoms with Gasteiger partial charge in [0.05, 0.1) is 16.9 Å². The van der Waals surface area contributed by atoms with Gasteiger partial charge in [-0.05, 0) is 75.8 Å². The Morgan fingerprint density at radius 1 is 1.09 bits per heavy atom. The Balaban J connectivity index is 1.35. The van der Waals surface area contributed by atoms with Crippen LogP contribution in [-0.4, -0.2) is 21.4 Å². The van der Waals surface area contributed by atoms with Gasteiger partial charge in [-0.1, -0.05) is 47.6 Å². The summed E-state index contributed by atoms with van der Waals surface area (Å²) in [5.74, 6) is 0.146. The van der Waals surface area contributed by atoms with Crippen LogP contribution in [0, 0.1) is 5.92 Å². The van der Waals surface area contributed by atoms with Crippen molar-refractivity contribution in [3.8, 4) is 11.3 Å². The number of esters is 1. The molecule has 32 heavy (non-hydrogen) atoms. The lowest BCUT2D eigenvalue weighted by Crippen LogP contribution is -2.25. The summed E-state index contributed by atoms with van der Waals surface area (Å²) in [4.78, 5) is 14.6. The van der Waals surface area contributed by atoms with Crippen molar-refractivity contribution in [2.75, 3.05) is 0 Å². The fourth-order valence-electron chi connectivity index (χ4n) is 3.89. The predicted molar refractivity (Wildman–Crippen MR) is 128 cm³/mol. The summed E-state index contributed by atoms with van der Waals surface area (Å²) in [6.07, 6.45) is 5.42. The summed E-state index contributed by atoms with van der Waals surface area (Å²) < 4.78 is 7.67. The van der Waals surface area contributed by atoms with Gasteiger partial charge in [-0.25, -0.2) is 0 Å². The lowest BCUT2D eigenvalue weighted by atomic mass is 10.0. The number of halogens is 1. The molecule has 4 nitrogen and oxygen atoms in total.